The molecular weight excluding hydrogens is 513 g/mol. The molecule has 1 unspecified atom stereocenters. The number of rotatable bonds is 5. The highest BCUT2D eigenvalue weighted by Crippen LogP contribution is 2.49. The molecule has 0 aromatic heterocycles. The maximum absolute atomic E-state index is 14.2. The minimum absolute atomic E-state index is 0.00736. The number of amides is 2. The smallest absolute Gasteiger partial charge is 0.374 e. The molecule has 1 atom stereocenters. The number of hydrogen-bond acceptors (Lipinski definition) is 4. The molecule has 0 bridgehead atoms. The topological polar surface area (TPSA) is 71.0 Å². The number of benzene rings is 2. The number of likely N-dealkylation sites (tertiary alicyclic amines) is 1. The van der Waals surface area contributed by atoms with E-state index in [2.05, 4.69) is 10.5 Å². The van der Waals surface area contributed by atoms with Crippen LogP contribution in [0.15, 0.2) is 41.6 Å². The molecule has 1 saturated heterocycles. The summed E-state index contributed by atoms with van der Waals surface area (Å²) in [6, 6.07) is 7.97. The Bertz CT molecular complexity index is 1190. The zero-order valence-electron chi connectivity index (χ0n) is 18.3. The van der Waals surface area contributed by atoms with Crippen molar-refractivity contribution in [2.24, 2.45) is 5.16 Å². The molecule has 186 valence electrons. The summed E-state index contributed by atoms with van der Waals surface area (Å²) in [5, 5.41) is 6.23. The highest BCUT2D eigenvalue weighted by Gasteiger charge is 2.62. The number of oxime groups is 1. The predicted octanol–water partition coefficient (Wildman–Crippen LogP) is 4.79. The van der Waals surface area contributed by atoms with Gasteiger partial charge < -0.3 is 15.1 Å². The molecule has 6 nitrogen and oxygen atoms in total. The third kappa shape index (κ3) is 4.95. The largest absolute Gasteiger partial charge is 0.435 e. The zero-order valence-corrected chi connectivity index (χ0v) is 19.8. The van der Waals surface area contributed by atoms with Crippen LogP contribution in [0.3, 0.4) is 0 Å². The molecule has 12 heteroatoms. The van der Waals surface area contributed by atoms with E-state index in [1.807, 2.05) is 0 Å². The minimum atomic E-state index is -4.83. The van der Waals surface area contributed by atoms with Gasteiger partial charge in [0.15, 0.2) is 0 Å². The molecule has 2 aromatic carbocycles. The van der Waals surface area contributed by atoms with E-state index in [1.165, 1.54) is 29.2 Å². The Kier molecular flexibility index (Phi) is 6.72. The molecule has 1 fully saturated rings. The number of alkyl halides is 4. The van der Waals surface area contributed by atoms with Crippen LogP contribution in [-0.4, -0.2) is 54.4 Å². The lowest BCUT2D eigenvalue weighted by atomic mass is 9.86. The van der Waals surface area contributed by atoms with Gasteiger partial charge in [-0.25, -0.2) is 4.39 Å². The second-order valence-electron chi connectivity index (χ2n) is 8.40. The summed E-state index contributed by atoms with van der Waals surface area (Å²) in [5.74, 6) is -0.939. The number of carbonyl (C=O) groups is 2. The third-order valence-electron chi connectivity index (χ3n) is 5.91. The van der Waals surface area contributed by atoms with Crippen molar-refractivity contribution in [3.8, 4) is 0 Å². The van der Waals surface area contributed by atoms with Gasteiger partial charge in [-0.3, -0.25) is 9.59 Å². The lowest BCUT2D eigenvalue weighted by Crippen LogP contribution is -2.54. The van der Waals surface area contributed by atoms with Crippen molar-refractivity contribution >= 4 is 40.7 Å². The molecule has 0 radical (unpaired) electrons. The van der Waals surface area contributed by atoms with E-state index in [0.29, 0.717) is 11.1 Å². The molecule has 2 aliphatic heterocycles. The first kappa shape index (κ1) is 25.2. The van der Waals surface area contributed by atoms with Crippen molar-refractivity contribution in [3.63, 3.8) is 0 Å². The maximum Gasteiger partial charge on any atom is 0.435 e. The monoisotopic (exact) mass is 531 g/mol. The zero-order chi connectivity index (χ0) is 25.5. The Morgan fingerprint density at radius 1 is 1.17 bits per heavy atom. The number of carbonyl (C=O) groups excluding carboxylic acids is 2. The van der Waals surface area contributed by atoms with E-state index in [9.17, 15) is 27.2 Å². The maximum atomic E-state index is 14.2. The van der Waals surface area contributed by atoms with Gasteiger partial charge in [0.25, 0.3) is 11.5 Å². The summed E-state index contributed by atoms with van der Waals surface area (Å²) < 4.78 is 55.4. The summed E-state index contributed by atoms with van der Waals surface area (Å²) in [4.78, 5) is 30.7. The first-order valence-electron chi connectivity index (χ1n) is 10.5. The van der Waals surface area contributed by atoms with Crippen molar-refractivity contribution in [1.82, 2.24) is 10.2 Å². The summed E-state index contributed by atoms with van der Waals surface area (Å²) in [5.41, 5.74) is -1.99. The summed E-state index contributed by atoms with van der Waals surface area (Å²) in [6.07, 6.45) is -6.50. The van der Waals surface area contributed by atoms with Crippen molar-refractivity contribution in [3.05, 3.63) is 68.7 Å². The van der Waals surface area contributed by atoms with Gasteiger partial charge in [-0.05, 0) is 48.4 Å². The first-order chi connectivity index (χ1) is 16.4. The van der Waals surface area contributed by atoms with Crippen LogP contribution in [-0.2, 0) is 15.2 Å². The average Bonchev–Trinajstić information content (AvgIpc) is 3.21. The van der Waals surface area contributed by atoms with Gasteiger partial charge in [0.2, 0.25) is 5.91 Å². The first-order valence-corrected chi connectivity index (χ1v) is 11.2. The summed E-state index contributed by atoms with van der Waals surface area (Å²) in [7, 11) is 0. The van der Waals surface area contributed by atoms with Crippen LogP contribution in [0.25, 0.3) is 0 Å². The Balaban J connectivity index is 1.50. The van der Waals surface area contributed by atoms with Gasteiger partial charge in [0.05, 0.1) is 25.3 Å². The Morgan fingerprint density at radius 2 is 1.83 bits per heavy atom. The summed E-state index contributed by atoms with van der Waals surface area (Å²) >= 11 is 11.8. The Morgan fingerprint density at radius 3 is 2.40 bits per heavy atom. The van der Waals surface area contributed by atoms with Crippen LogP contribution < -0.4 is 5.32 Å². The molecular formula is C23H19Cl2F4N3O3. The average molecular weight is 532 g/mol. The molecule has 2 aliphatic rings. The van der Waals surface area contributed by atoms with Crippen LogP contribution in [0.4, 0.5) is 17.6 Å². The SMILES string of the molecule is Cc1cc(C2=NOC(c3cc(Cl)cc(Cl)c3)(C(F)(F)F)C2)ccc1C(=O)NCC(=O)N1CC(F)C1. The van der Waals surface area contributed by atoms with Crippen molar-refractivity contribution in [2.75, 3.05) is 19.6 Å². The molecule has 0 saturated carbocycles. The molecule has 0 aliphatic carbocycles. The van der Waals surface area contributed by atoms with Crippen LogP contribution in [0, 0.1) is 6.92 Å². The molecule has 2 heterocycles. The van der Waals surface area contributed by atoms with Crippen molar-refractivity contribution in [2.45, 2.75) is 31.3 Å². The number of nitrogens with zero attached hydrogens (tertiary/aromatic N) is 2. The molecule has 2 aromatic rings. The minimum Gasteiger partial charge on any atom is -0.374 e. The highest BCUT2D eigenvalue weighted by atomic mass is 35.5. The number of nitrogens with one attached hydrogen (secondary N) is 1. The fourth-order valence-electron chi connectivity index (χ4n) is 3.93. The van der Waals surface area contributed by atoms with E-state index >= 15 is 0 Å². The fraction of sp³-hybridized carbons (Fsp3) is 0.348. The molecule has 0 spiro atoms. The van der Waals surface area contributed by atoms with Crippen LogP contribution >= 0.6 is 23.2 Å². The normalized spacial score (nSPS) is 20.2. The van der Waals surface area contributed by atoms with Gasteiger partial charge in [0.1, 0.15) is 6.17 Å². The second-order valence-corrected chi connectivity index (χ2v) is 9.27. The second kappa shape index (κ2) is 9.31. The standard InChI is InChI=1S/C23H19Cl2F4N3O3/c1-12-4-13(2-3-18(12)21(34)30-9-20(33)32-10-17(26)11-32)19-8-22(35-31-19,23(27,28)29)14-5-15(24)7-16(25)6-14/h2-7,17H,8-11H2,1H3,(H,30,34). The van der Waals surface area contributed by atoms with E-state index in [-0.39, 0.29) is 46.5 Å². The quantitative estimate of drug-likeness (QED) is 0.563. The number of aryl methyl sites for hydroxylation is 1. The van der Waals surface area contributed by atoms with Gasteiger partial charge in [-0.15, -0.1) is 0 Å². The van der Waals surface area contributed by atoms with Crippen molar-refractivity contribution < 1.29 is 32.0 Å². The number of hydrogen-bond donors (Lipinski definition) is 1. The Labute approximate surface area is 207 Å². The van der Waals surface area contributed by atoms with E-state index in [0.717, 1.165) is 12.1 Å². The molecule has 4 rings (SSSR count). The van der Waals surface area contributed by atoms with Crippen molar-refractivity contribution in [1.29, 1.82) is 0 Å². The fourth-order valence-corrected chi connectivity index (χ4v) is 4.46. The molecule has 35 heavy (non-hydrogen) atoms. The van der Waals surface area contributed by atoms with Gasteiger partial charge in [-0.2, -0.15) is 13.2 Å². The molecule has 1 N–H and O–H groups in total. The van der Waals surface area contributed by atoms with Gasteiger partial charge >= 0.3 is 6.18 Å². The lowest BCUT2D eigenvalue weighted by molar-refractivity contribution is -0.275. The van der Waals surface area contributed by atoms with Crippen LogP contribution in [0.5, 0.6) is 0 Å². The number of halogens is 6. The predicted molar refractivity (Wildman–Crippen MR) is 121 cm³/mol. The van der Waals surface area contributed by atoms with E-state index < -0.39 is 36.2 Å². The van der Waals surface area contributed by atoms with Gasteiger partial charge in [-0.1, -0.05) is 34.4 Å². The Hall–Kier alpha value is -2.85. The lowest BCUT2D eigenvalue weighted by Gasteiger charge is -2.34. The third-order valence-corrected chi connectivity index (χ3v) is 6.35. The van der Waals surface area contributed by atoms with Crippen LogP contribution in [0.1, 0.15) is 33.5 Å². The summed E-state index contributed by atoms with van der Waals surface area (Å²) in [6.45, 7) is 1.33. The van der Waals surface area contributed by atoms with Gasteiger partial charge in [0, 0.05) is 27.6 Å². The van der Waals surface area contributed by atoms with Crippen LogP contribution in [0.2, 0.25) is 10.0 Å². The molecule has 2 amide bonds. The van der Waals surface area contributed by atoms with E-state index in [1.54, 1.807) is 6.92 Å². The highest BCUT2D eigenvalue weighted by molar-refractivity contribution is 6.34. The van der Waals surface area contributed by atoms with E-state index in [4.69, 9.17) is 28.0 Å².